The van der Waals surface area contributed by atoms with E-state index in [-0.39, 0.29) is 5.91 Å². The van der Waals surface area contributed by atoms with Crippen molar-refractivity contribution in [2.24, 2.45) is 0 Å². The van der Waals surface area contributed by atoms with Gasteiger partial charge in [-0.15, -0.1) is 34.4 Å². The second-order valence-corrected chi connectivity index (χ2v) is 10.4. The van der Waals surface area contributed by atoms with E-state index in [4.69, 9.17) is 4.98 Å². The van der Waals surface area contributed by atoms with Gasteiger partial charge >= 0.3 is 0 Å². The van der Waals surface area contributed by atoms with Crippen LogP contribution in [0.25, 0.3) is 20.8 Å². The number of anilines is 1. The van der Waals surface area contributed by atoms with Crippen molar-refractivity contribution in [3.63, 3.8) is 0 Å². The standard InChI is InChI=1S/C23H21N3OS3/c1-26-11-10-16-19(13-26)30-23(25-21(27)14-6-5-7-15(12-14)28-2)20(16)22-24-17-8-3-4-9-18(17)29-22/h3-9,12H,10-11,13H2,1-2H3,(H,25,27). The predicted molar refractivity (Wildman–Crippen MR) is 129 cm³/mol. The van der Waals surface area contributed by atoms with Gasteiger partial charge < -0.3 is 10.2 Å². The number of fused-ring (bicyclic) bond motifs is 2. The lowest BCUT2D eigenvalue weighted by molar-refractivity contribution is 0.102. The Morgan fingerprint density at radius 1 is 1.17 bits per heavy atom. The fourth-order valence-electron chi connectivity index (χ4n) is 3.76. The number of thiophene rings is 1. The topological polar surface area (TPSA) is 45.2 Å². The van der Waals surface area contributed by atoms with Gasteiger partial charge in [0.15, 0.2) is 0 Å². The quantitative estimate of drug-likeness (QED) is 0.387. The number of para-hydroxylation sites is 1. The molecule has 0 atom stereocenters. The Bertz CT molecular complexity index is 1210. The maximum atomic E-state index is 13.1. The second kappa shape index (κ2) is 8.15. The summed E-state index contributed by atoms with van der Waals surface area (Å²) >= 11 is 5.03. The number of hydrogen-bond donors (Lipinski definition) is 1. The molecule has 0 bridgehead atoms. The summed E-state index contributed by atoms with van der Waals surface area (Å²) in [6, 6.07) is 16.0. The largest absolute Gasteiger partial charge is 0.313 e. The van der Waals surface area contributed by atoms with Crippen LogP contribution in [0.2, 0.25) is 0 Å². The third-order valence-corrected chi connectivity index (χ3v) is 8.23. The zero-order valence-corrected chi connectivity index (χ0v) is 19.2. The highest BCUT2D eigenvalue weighted by Crippen LogP contribution is 2.45. The molecule has 0 radical (unpaired) electrons. The minimum absolute atomic E-state index is 0.0692. The maximum absolute atomic E-state index is 13.1. The Morgan fingerprint density at radius 3 is 2.87 bits per heavy atom. The lowest BCUT2D eigenvalue weighted by Crippen LogP contribution is -2.25. The van der Waals surface area contributed by atoms with E-state index < -0.39 is 0 Å². The summed E-state index contributed by atoms with van der Waals surface area (Å²) in [6.45, 7) is 1.93. The molecular formula is C23H21N3OS3. The summed E-state index contributed by atoms with van der Waals surface area (Å²) in [4.78, 5) is 22.7. The number of carbonyl (C=O) groups is 1. The number of thioether (sulfide) groups is 1. The fourth-order valence-corrected chi connectivity index (χ4v) is 6.66. The molecule has 1 aliphatic rings. The summed E-state index contributed by atoms with van der Waals surface area (Å²) in [7, 11) is 2.15. The maximum Gasteiger partial charge on any atom is 0.256 e. The molecule has 0 saturated carbocycles. The zero-order valence-electron chi connectivity index (χ0n) is 16.8. The van der Waals surface area contributed by atoms with E-state index in [1.54, 1.807) is 34.4 Å². The van der Waals surface area contributed by atoms with Crippen LogP contribution in [-0.2, 0) is 13.0 Å². The van der Waals surface area contributed by atoms with Gasteiger partial charge in [-0.2, -0.15) is 0 Å². The lowest BCUT2D eigenvalue weighted by Gasteiger charge is -2.22. The first kappa shape index (κ1) is 19.8. The molecule has 7 heteroatoms. The molecular weight excluding hydrogens is 430 g/mol. The number of nitrogens with zero attached hydrogens (tertiary/aromatic N) is 2. The third kappa shape index (κ3) is 3.67. The van der Waals surface area contributed by atoms with Gasteiger partial charge in [0, 0.05) is 34.0 Å². The average molecular weight is 452 g/mol. The number of amides is 1. The molecule has 5 rings (SSSR count). The van der Waals surface area contributed by atoms with Crippen LogP contribution in [0, 0.1) is 0 Å². The van der Waals surface area contributed by atoms with Gasteiger partial charge in [-0.05, 0) is 55.6 Å². The minimum atomic E-state index is -0.0692. The van der Waals surface area contributed by atoms with Crippen LogP contribution in [0.3, 0.4) is 0 Å². The van der Waals surface area contributed by atoms with Gasteiger partial charge in [-0.3, -0.25) is 4.79 Å². The molecule has 1 amide bonds. The van der Waals surface area contributed by atoms with E-state index in [1.165, 1.54) is 15.1 Å². The molecule has 4 aromatic rings. The van der Waals surface area contributed by atoms with Crippen molar-refractivity contribution in [3.8, 4) is 10.6 Å². The molecule has 2 aromatic carbocycles. The van der Waals surface area contributed by atoms with Gasteiger partial charge in [0.05, 0.1) is 10.2 Å². The van der Waals surface area contributed by atoms with Crippen molar-refractivity contribution in [1.29, 1.82) is 0 Å². The highest BCUT2D eigenvalue weighted by molar-refractivity contribution is 7.98. The second-order valence-electron chi connectivity index (χ2n) is 7.37. The van der Waals surface area contributed by atoms with E-state index in [1.807, 2.05) is 48.7 Å². The number of carbonyl (C=O) groups excluding carboxylic acids is 1. The SMILES string of the molecule is CSc1cccc(C(=O)Nc2sc3c(c2-c2nc4ccccc4s2)CCN(C)C3)c1. The predicted octanol–water partition coefficient (Wildman–Crippen LogP) is 5.99. The van der Waals surface area contributed by atoms with Gasteiger partial charge in [0.1, 0.15) is 10.0 Å². The first-order valence-corrected chi connectivity index (χ1v) is 12.6. The summed E-state index contributed by atoms with van der Waals surface area (Å²) in [5.41, 5.74) is 4.14. The Balaban J connectivity index is 1.58. The molecule has 0 fully saturated rings. The lowest BCUT2D eigenvalue weighted by atomic mass is 10.0. The third-order valence-electron chi connectivity index (χ3n) is 5.31. The van der Waals surface area contributed by atoms with Gasteiger partial charge in [-0.25, -0.2) is 4.98 Å². The Kier molecular flexibility index (Phi) is 5.37. The first-order chi connectivity index (χ1) is 14.6. The van der Waals surface area contributed by atoms with E-state index in [2.05, 4.69) is 23.3 Å². The van der Waals surface area contributed by atoms with Crippen LogP contribution >= 0.6 is 34.4 Å². The van der Waals surface area contributed by atoms with E-state index in [9.17, 15) is 4.79 Å². The normalized spacial score (nSPS) is 14.1. The summed E-state index contributed by atoms with van der Waals surface area (Å²) in [6.07, 6.45) is 3.00. The van der Waals surface area contributed by atoms with Crippen molar-refractivity contribution in [2.75, 3.05) is 25.2 Å². The van der Waals surface area contributed by atoms with Crippen LogP contribution in [0.5, 0.6) is 0 Å². The molecule has 30 heavy (non-hydrogen) atoms. The fraction of sp³-hybridized carbons (Fsp3) is 0.217. The summed E-state index contributed by atoms with van der Waals surface area (Å²) < 4.78 is 1.17. The molecule has 152 valence electrons. The number of aromatic nitrogens is 1. The van der Waals surface area contributed by atoms with Crippen LogP contribution in [0.1, 0.15) is 20.8 Å². The zero-order chi connectivity index (χ0) is 20.7. The van der Waals surface area contributed by atoms with E-state index >= 15 is 0 Å². The monoisotopic (exact) mass is 451 g/mol. The van der Waals surface area contributed by atoms with Crippen molar-refractivity contribution in [1.82, 2.24) is 9.88 Å². The number of nitrogens with one attached hydrogen (secondary N) is 1. The molecule has 4 nitrogen and oxygen atoms in total. The van der Waals surface area contributed by atoms with Crippen LogP contribution in [0.15, 0.2) is 53.4 Å². The van der Waals surface area contributed by atoms with Crippen molar-refractivity contribution < 1.29 is 4.79 Å². The molecule has 0 unspecified atom stereocenters. The van der Waals surface area contributed by atoms with Gasteiger partial charge in [0.2, 0.25) is 0 Å². The number of benzene rings is 2. The van der Waals surface area contributed by atoms with Crippen molar-refractivity contribution >= 4 is 55.6 Å². The van der Waals surface area contributed by atoms with E-state index in [0.29, 0.717) is 5.56 Å². The number of rotatable bonds is 4. The van der Waals surface area contributed by atoms with Crippen molar-refractivity contribution in [2.45, 2.75) is 17.9 Å². The minimum Gasteiger partial charge on any atom is -0.313 e. The highest BCUT2D eigenvalue weighted by Gasteiger charge is 2.26. The molecule has 1 aliphatic heterocycles. The van der Waals surface area contributed by atoms with Crippen LogP contribution in [0.4, 0.5) is 5.00 Å². The molecule has 2 aromatic heterocycles. The first-order valence-electron chi connectivity index (χ1n) is 9.77. The molecule has 0 aliphatic carbocycles. The molecule has 0 saturated heterocycles. The Hall–Kier alpha value is -2.19. The number of hydrogen-bond acceptors (Lipinski definition) is 6. The number of likely N-dealkylation sites (N-methyl/N-ethyl adjacent to an activating group) is 1. The molecule has 3 heterocycles. The van der Waals surface area contributed by atoms with Crippen LogP contribution < -0.4 is 5.32 Å². The Morgan fingerprint density at radius 2 is 2.03 bits per heavy atom. The highest BCUT2D eigenvalue weighted by atomic mass is 32.2. The van der Waals surface area contributed by atoms with E-state index in [0.717, 1.165) is 45.5 Å². The summed E-state index contributed by atoms with van der Waals surface area (Å²) in [5, 5.41) is 5.11. The Labute approximate surface area is 188 Å². The van der Waals surface area contributed by atoms with Gasteiger partial charge in [0.25, 0.3) is 5.91 Å². The average Bonchev–Trinajstić information content (AvgIpc) is 3.33. The van der Waals surface area contributed by atoms with Crippen molar-refractivity contribution in [3.05, 3.63) is 64.5 Å². The summed E-state index contributed by atoms with van der Waals surface area (Å²) in [5.74, 6) is -0.0692. The number of thiazole rings is 1. The molecule has 1 N–H and O–H groups in total. The molecule has 0 spiro atoms. The van der Waals surface area contributed by atoms with Gasteiger partial charge in [-0.1, -0.05) is 18.2 Å². The smallest absolute Gasteiger partial charge is 0.256 e. The van der Waals surface area contributed by atoms with Crippen LogP contribution in [-0.4, -0.2) is 35.6 Å².